The van der Waals surface area contributed by atoms with E-state index in [1.165, 1.54) is 51.1 Å². The number of hydrogen-bond donors (Lipinski definition) is 0. The lowest BCUT2D eigenvalue weighted by molar-refractivity contribution is 1.08. The third kappa shape index (κ3) is 4.23. The quantitative estimate of drug-likeness (QED) is 0.160. The highest BCUT2D eigenvalue weighted by Crippen LogP contribution is 2.54. The zero-order chi connectivity index (χ0) is 37.9. The van der Waals surface area contributed by atoms with Gasteiger partial charge in [0.2, 0.25) is 5.69 Å². The molecule has 8 aromatic carbocycles. The van der Waals surface area contributed by atoms with Crippen molar-refractivity contribution in [2.45, 2.75) is 6.92 Å². The smallest absolute Gasteiger partial charge is 0.204 e. The lowest BCUT2D eigenvalue weighted by Gasteiger charge is -2.25. The van der Waals surface area contributed by atoms with E-state index in [9.17, 15) is 0 Å². The molecule has 264 valence electrons. The van der Waals surface area contributed by atoms with Gasteiger partial charge in [0.1, 0.15) is 0 Å². The summed E-state index contributed by atoms with van der Waals surface area (Å²) >= 11 is 3.67. The van der Waals surface area contributed by atoms with Gasteiger partial charge < -0.3 is 9.13 Å². The number of nitrogens with zero attached hydrogens (tertiary/aromatic N) is 4. The predicted octanol–water partition coefficient (Wildman–Crippen LogP) is 15.7. The van der Waals surface area contributed by atoms with Crippen LogP contribution in [0.3, 0.4) is 0 Å². The first-order valence-corrected chi connectivity index (χ1v) is 20.5. The average Bonchev–Trinajstić information content (AvgIpc) is 4.01. The molecule has 0 aliphatic rings. The highest BCUT2D eigenvalue weighted by atomic mass is 32.1. The molecule has 4 aromatic heterocycles. The molecule has 12 rings (SSSR count). The number of hydrogen-bond acceptors (Lipinski definition) is 2. The van der Waals surface area contributed by atoms with Crippen LogP contribution in [0.1, 0.15) is 5.56 Å². The Hall–Kier alpha value is -7.22. The van der Waals surface area contributed by atoms with Crippen molar-refractivity contribution in [3.8, 4) is 22.5 Å². The van der Waals surface area contributed by atoms with Gasteiger partial charge in [0.05, 0.1) is 46.6 Å². The summed E-state index contributed by atoms with van der Waals surface area (Å²) in [6.07, 6.45) is 0. The molecule has 4 heterocycles. The van der Waals surface area contributed by atoms with Gasteiger partial charge in [-0.05, 0) is 54.4 Å². The van der Waals surface area contributed by atoms with Gasteiger partial charge in [0.25, 0.3) is 0 Å². The Labute approximate surface area is 334 Å². The highest BCUT2D eigenvalue weighted by Gasteiger charge is 2.30. The average molecular weight is 761 g/mol. The molecular formula is C51H28N4S2. The Kier molecular flexibility index (Phi) is 6.69. The molecule has 0 saturated carbocycles. The molecule has 0 N–H and O–H groups in total. The second-order valence-electron chi connectivity index (χ2n) is 14.6. The minimum atomic E-state index is 0.369. The predicted molar refractivity (Wildman–Crippen MR) is 244 cm³/mol. The van der Waals surface area contributed by atoms with Gasteiger partial charge in [0, 0.05) is 67.5 Å². The van der Waals surface area contributed by atoms with Crippen molar-refractivity contribution in [2.75, 3.05) is 0 Å². The summed E-state index contributed by atoms with van der Waals surface area (Å²) in [5.74, 6) is 0. The molecule has 0 bridgehead atoms. The molecule has 0 unspecified atom stereocenters. The molecule has 0 amide bonds. The first-order chi connectivity index (χ1) is 28.2. The number of aromatic nitrogens is 2. The van der Waals surface area contributed by atoms with Gasteiger partial charge in [-0.25, -0.2) is 9.69 Å². The van der Waals surface area contributed by atoms with E-state index in [1.54, 1.807) is 0 Å². The van der Waals surface area contributed by atoms with Crippen molar-refractivity contribution in [3.63, 3.8) is 0 Å². The zero-order valence-corrected chi connectivity index (χ0v) is 32.2. The Morgan fingerprint density at radius 1 is 0.421 bits per heavy atom. The van der Waals surface area contributed by atoms with Crippen LogP contribution in [0.4, 0.5) is 11.4 Å². The van der Waals surface area contributed by atoms with Gasteiger partial charge in [-0.1, -0.05) is 115 Å². The molecule has 0 atom stereocenters. The van der Waals surface area contributed by atoms with E-state index < -0.39 is 0 Å². The Morgan fingerprint density at radius 3 is 1.40 bits per heavy atom. The molecule has 0 aliphatic heterocycles. The van der Waals surface area contributed by atoms with Crippen LogP contribution in [0.15, 0.2) is 152 Å². The second kappa shape index (κ2) is 11.9. The number of rotatable bonds is 3. The Bertz CT molecular complexity index is 3790. The van der Waals surface area contributed by atoms with E-state index >= 15 is 0 Å². The number of para-hydroxylation sites is 2. The van der Waals surface area contributed by atoms with Crippen molar-refractivity contribution in [3.05, 3.63) is 180 Å². The van der Waals surface area contributed by atoms with Gasteiger partial charge in [-0.15, -0.1) is 22.7 Å². The van der Waals surface area contributed by atoms with Crippen LogP contribution in [-0.4, -0.2) is 9.13 Å². The van der Waals surface area contributed by atoms with E-state index in [0.717, 1.165) is 60.9 Å². The largest absolute Gasteiger partial charge is 0.308 e. The molecule has 0 aliphatic carbocycles. The summed E-state index contributed by atoms with van der Waals surface area (Å²) in [5.41, 5.74) is 9.20. The molecule has 57 heavy (non-hydrogen) atoms. The monoisotopic (exact) mass is 760 g/mol. The fourth-order valence-electron chi connectivity index (χ4n) is 9.38. The van der Waals surface area contributed by atoms with Crippen LogP contribution in [0.25, 0.3) is 116 Å². The minimum absolute atomic E-state index is 0.369. The van der Waals surface area contributed by atoms with E-state index in [1.807, 2.05) is 47.8 Å². The summed E-state index contributed by atoms with van der Waals surface area (Å²) in [7, 11) is 0. The van der Waals surface area contributed by atoms with Crippen LogP contribution in [0, 0.1) is 20.1 Å². The Balaban J connectivity index is 1.34. The van der Waals surface area contributed by atoms with Gasteiger partial charge in [-0.3, -0.25) is 0 Å². The maximum Gasteiger partial charge on any atom is 0.204 e. The molecule has 4 nitrogen and oxygen atoms in total. The summed E-state index contributed by atoms with van der Waals surface area (Å²) < 4.78 is 9.78. The summed E-state index contributed by atoms with van der Waals surface area (Å²) in [6.45, 7) is 19.4. The molecule has 6 heteroatoms. The molecule has 0 fully saturated rings. The Morgan fingerprint density at radius 2 is 0.877 bits per heavy atom. The van der Waals surface area contributed by atoms with Crippen LogP contribution in [0.5, 0.6) is 0 Å². The van der Waals surface area contributed by atoms with E-state index in [0.29, 0.717) is 11.4 Å². The number of fused-ring (bicyclic) bond motifs is 14. The van der Waals surface area contributed by atoms with Crippen molar-refractivity contribution >= 4 is 118 Å². The fraction of sp³-hybridized carbons (Fsp3) is 0.0196. The topological polar surface area (TPSA) is 18.6 Å². The van der Waals surface area contributed by atoms with Crippen molar-refractivity contribution in [2.24, 2.45) is 0 Å². The molecular weight excluding hydrogens is 733 g/mol. The fourth-order valence-corrected chi connectivity index (χ4v) is 11.9. The van der Waals surface area contributed by atoms with E-state index in [4.69, 9.17) is 13.1 Å². The van der Waals surface area contributed by atoms with Crippen molar-refractivity contribution in [1.29, 1.82) is 0 Å². The SMILES string of the molecule is [C-]#[N+]c1c(C)c(-n2c3ccccc3c3c4sc5ccccc5c4ccc32)c(-n2c3ccccc3c3c4sc5ccccc5c4ccc32)c(-c2ccccc2)c1[N+]#[C-]. The standard InChI is InChI=1S/C51H28N4S2/c1-29-46(52-2)47(53-3)43(30-15-5-4-6-16-30)49(55-38-22-12-8-20-36(38)45-40(55)28-26-34-32-18-10-14-24-42(32)57-51(34)45)48(29)54-37-21-11-7-19-35(37)44-39(54)27-25-33-31-17-9-13-23-41(31)56-50(33)44/h4-28H,1H3. The normalized spacial score (nSPS) is 11.9. The molecule has 12 aromatic rings. The molecule has 0 spiro atoms. The maximum absolute atomic E-state index is 8.71. The first-order valence-electron chi connectivity index (χ1n) is 18.8. The highest BCUT2D eigenvalue weighted by molar-refractivity contribution is 7.27. The zero-order valence-electron chi connectivity index (χ0n) is 30.5. The molecule has 0 radical (unpaired) electrons. The van der Waals surface area contributed by atoms with E-state index in [-0.39, 0.29) is 0 Å². The lowest BCUT2D eigenvalue weighted by Crippen LogP contribution is -2.08. The lowest BCUT2D eigenvalue weighted by atomic mass is 9.95. The number of thiophene rings is 2. The molecule has 0 saturated heterocycles. The summed E-state index contributed by atoms with van der Waals surface area (Å²) in [5, 5.41) is 9.70. The third-order valence-electron chi connectivity index (χ3n) is 11.7. The van der Waals surface area contributed by atoms with Crippen LogP contribution in [0.2, 0.25) is 0 Å². The van der Waals surface area contributed by atoms with Crippen molar-refractivity contribution in [1.82, 2.24) is 9.13 Å². The van der Waals surface area contributed by atoms with E-state index in [2.05, 4.69) is 152 Å². The van der Waals surface area contributed by atoms with Crippen molar-refractivity contribution < 1.29 is 0 Å². The van der Waals surface area contributed by atoms with Crippen LogP contribution < -0.4 is 0 Å². The summed E-state index contributed by atoms with van der Waals surface area (Å²) in [6, 6.07) is 53.9. The van der Waals surface area contributed by atoms with Crippen LogP contribution in [-0.2, 0) is 0 Å². The van der Waals surface area contributed by atoms with Crippen LogP contribution >= 0.6 is 22.7 Å². The van der Waals surface area contributed by atoms with Gasteiger partial charge in [0.15, 0.2) is 5.69 Å². The number of benzene rings is 8. The third-order valence-corrected chi connectivity index (χ3v) is 14.1. The summed E-state index contributed by atoms with van der Waals surface area (Å²) in [4.78, 5) is 8.38. The van der Waals surface area contributed by atoms with Gasteiger partial charge >= 0.3 is 0 Å². The van der Waals surface area contributed by atoms with Gasteiger partial charge in [-0.2, -0.15) is 0 Å². The second-order valence-corrected chi connectivity index (χ2v) is 16.7. The maximum atomic E-state index is 8.71. The first kappa shape index (κ1) is 32.1. The minimum Gasteiger partial charge on any atom is -0.308 e.